The van der Waals surface area contributed by atoms with E-state index in [2.05, 4.69) is 25.7 Å². The molecule has 0 bridgehead atoms. The highest BCUT2D eigenvalue weighted by molar-refractivity contribution is 6.00. The van der Waals surface area contributed by atoms with Crippen LogP contribution in [0.5, 0.6) is 17.4 Å². The molecule has 0 saturated heterocycles. The zero-order valence-corrected chi connectivity index (χ0v) is 16.0. The Morgan fingerprint density at radius 3 is 2.60 bits per heavy atom. The maximum Gasteiger partial charge on any atom is 0.323 e. The molecule has 2 N–H and O–H groups in total. The number of carbonyl (C=O) groups is 1. The zero-order chi connectivity index (χ0) is 20.8. The van der Waals surface area contributed by atoms with Crippen LogP contribution in [-0.4, -0.2) is 32.9 Å². The van der Waals surface area contributed by atoms with Crippen molar-refractivity contribution in [3.05, 3.63) is 79.4 Å². The Bertz CT molecular complexity index is 1130. The van der Waals surface area contributed by atoms with Crippen molar-refractivity contribution in [2.45, 2.75) is 0 Å². The molecular formula is C21H18N6O3. The van der Waals surface area contributed by atoms with Gasteiger partial charge in [-0.25, -0.2) is 19.4 Å². The Hall–Kier alpha value is -4.40. The van der Waals surface area contributed by atoms with Gasteiger partial charge < -0.3 is 20.1 Å². The topological polar surface area (TPSA) is 103 Å². The number of para-hydroxylation sites is 2. The Kier molecular flexibility index (Phi) is 5.52. The number of aromatic nitrogens is 4. The minimum Gasteiger partial charge on any atom is -0.495 e. The minimum absolute atomic E-state index is 0.380. The number of benzene rings is 2. The summed E-state index contributed by atoms with van der Waals surface area (Å²) in [6.07, 6.45) is 4.85. The fourth-order valence-electron chi connectivity index (χ4n) is 2.67. The number of amides is 2. The van der Waals surface area contributed by atoms with Crippen LogP contribution in [0.25, 0.3) is 5.82 Å². The van der Waals surface area contributed by atoms with Gasteiger partial charge in [-0.3, -0.25) is 0 Å². The van der Waals surface area contributed by atoms with Gasteiger partial charge in [0, 0.05) is 24.1 Å². The van der Waals surface area contributed by atoms with Gasteiger partial charge in [0.05, 0.1) is 12.8 Å². The van der Waals surface area contributed by atoms with Crippen LogP contribution >= 0.6 is 0 Å². The molecular weight excluding hydrogens is 384 g/mol. The number of hydrogen-bond acceptors (Lipinski definition) is 6. The van der Waals surface area contributed by atoms with E-state index in [0.717, 1.165) is 0 Å². The van der Waals surface area contributed by atoms with E-state index in [1.165, 1.54) is 6.33 Å². The maximum atomic E-state index is 12.2. The first kappa shape index (κ1) is 18.9. The summed E-state index contributed by atoms with van der Waals surface area (Å²) >= 11 is 0. The van der Waals surface area contributed by atoms with Gasteiger partial charge in [-0.2, -0.15) is 5.10 Å². The maximum absolute atomic E-state index is 12.2. The lowest BCUT2D eigenvalue weighted by Crippen LogP contribution is -2.19. The van der Waals surface area contributed by atoms with Gasteiger partial charge >= 0.3 is 6.03 Å². The smallest absolute Gasteiger partial charge is 0.323 e. The number of urea groups is 1. The first-order valence-electron chi connectivity index (χ1n) is 9.02. The molecule has 0 saturated carbocycles. The van der Waals surface area contributed by atoms with Gasteiger partial charge in [0.1, 0.15) is 17.8 Å². The normalized spacial score (nSPS) is 10.3. The lowest BCUT2D eigenvalue weighted by molar-refractivity contribution is 0.262. The minimum atomic E-state index is -0.382. The molecule has 2 aromatic carbocycles. The zero-order valence-electron chi connectivity index (χ0n) is 16.0. The van der Waals surface area contributed by atoms with Crippen molar-refractivity contribution in [1.29, 1.82) is 0 Å². The SMILES string of the molecule is COc1ccccc1NC(=O)Nc1ccc(Oc2cc(-n3cccn3)ncn2)cc1. The molecule has 0 spiro atoms. The standard InChI is InChI=1S/C21H18N6O3/c1-29-18-6-3-2-5-17(18)26-21(28)25-15-7-9-16(10-8-15)30-20-13-19(22-14-23-20)27-12-4-11-24-27/h2-14H,1H3,(H2,25,26,28). The molecule has 0 aliphatic rings. The largest absolute Gasteiger partial charge is 0.495 e. The van der Waals surface area contributed by atoms with Crippen LogP contribution in [0.4, 0.5) is 16.2 Å². The van der Waals surface area contributed by atoms with E-state index in [-0.39, 0.29) is 6.03 Å². The van der Waals surface area contributed by atoms with Crippen molar-refractivity contribution in [3.63, 3.8) is 0 Å². The van der Waals surface area contributed by atoms with Gasteiger partial charge in [0.15, 0.2) is 5.82 Å². The second-order valence-corrected chi connectivity index (χ2v) is 6.07. The summed E-state index contributed by atoms with van der Waals surface area (Å²) in [4.78, 5) is 20.5. The number of nitrogens with one attached hydrogen (secondary N) is 2. The molecule has 0 radical (unpaired) electrons. The summed E-state index contributed by atoms with van der Waals surface area (Å²) in [6, 6.07) is 17.2. The highest BCUT2D eigenvalue weighted by Crippen LogP contribution is 2.24. The fraction of sp³-hybridized carbons (Fsp3) is 0.0476. The monoisotopic (exact) mass is 402 g/mol. The predicted octanol–water partition coefficient (Wildman–Crippen LogP) is 4.11. The van der Waals surface area contributed by atoms with Crippen molar-refractivity contribution in [1.82, 2.24) is 19.7 Å². The van der Waals surface area contributed by atoms with Crippen LogP contribution in [0.2, 0.25) is 0 Å². The first-order valence-corrected chi connectivity index (χ1v) is 9.02. The van der Waals surface area contributed by atoms with Crippen LogP contribution in [0.15, 0.2) is 79.4 Å². The highest BCUT2D eigenvalue weighted by Gasteiger charge is 2.08. The van der Waals surface area contributed by atoms with E-state index in [1.807, 2.05) is 12.1 Å². The van der Waals surface area contributed by atoms with Gasteiger partial charge in [-0.1, -0.05) is 12.1 Å². The van der Waals surface area contributed by atoms with Gasteiger partial charge in [0.2, 0.25) is 5.88 Å². The Morgan fingerprint density at radius 2 is 1.83 bits per heavy atom. The number of nitrogens with zero attached hydrogens (tertiary/aromatic N) is 4. The molecule has 9 heteroatoms. The molecule has 30 heavy (non-hydrogen) atoms. The molecule has 150 valence electrons. The lowest BCUT2D eigenvalue weighted by atomic mass is 10.3. The third-order valence-electron chi connectivity index (χ3n) is 4.06. The highest BCUT2D eigenvalue weighted by atomic mass is 16.5. The molecule has 0 aliphatic carbocycles. The van der Waals surface area contributed by atoms with E-state index in [0.29, 0.717) is 34.6 Å². The summed E-state index contributed by atoms with van der Waals surface area (Å²) < 4.78 is 12.6. The van der Waals surface area contributed by atoms with Crippen LogP contribution in [0.1, 0.15) is 0 Å². The van der Waals surface area contributed by atoms with E-state index in [1.54, 1.807) is 72.7 Å². The van der Waals surface area contributed by atoms with E-state index < -0.39 is 0 Å². The van der Waals surface area contributed by atoms with Crippen molar-refractivity contribution < 1.29 is 14.3 Å². The van der Waals surface area contributed by atoms with Crippen LogP contribution in [0.3, 0.4) is 0 Å². The molecule has 0 fully saturated rings. The first-order chi connectivity index (χ1) is 14.7. The van der Waals surface area contributed by atoms with Crippen molar-refractivity contribution in [3.8, 4) is 23.2 Å². The molecule has 2 amide bonds. The number of anilines is 2. The van der Waals surface area contributed by atoms with Gasteiger partial charge in [-0.15, -0.1) is 0 Å². The molecule has 4 rings (SSSR count). The van der Waals surface area contributed by atoms with Crippen molar-refractivity contribution in [2.75, 3.05) is 17.7 Å². The van der Waals surface area contributed by atoms with E-state index in [4.69, 9.17) is 9.47 Å². The van der Waals surface area contributed by atoms with Crippen LogP contribution in [-0.2, 0) is 0 Å². The quantitative estimate of drug-likeness (QED) is 0.503. The lowest BCUT2D eigenvalue weighted by Gasteiger charge is -2.11. The molecule has 0 aliphatic heterocycles. The van der Waals surface area contributed by atoms with E-state index in [9.17, 15) is 4.79 Å². The summed E-state index contributed by atoms with van der Waals surface area (Å²) in [5.41, 5.74) is 1.18. The summed E-state index contributed by atoms with van der Waals surface area (Å²) in [5.74, 6) is 2.12. The van der Waals surface area contributed by atoms with Crippen molar-refractivity contribution >= 4 is 17.4 Å². The number of hydrogen-bond donors (Lipinski definition) is 2. The third kappa shape index (κ3) is 4.53. The molecule has 0 atom stereocenters. The molecule has 0 unspecified atom stereocenters. The molecule has 2 aromatic heterocycles. The fourth-order valence-corrected chi connectivity index (χ4v) is 2.67. The third-order valence-corrected chi connectivity index (χ3v) is 4.06. The average molecular weight is 402 g/mol. The summed E-state index contributed by atoms with van der Waals surface area (Å²) in [6.45, 7) is 0. The van der Waals surface area contributed by atoms with Gasteiger partial charge in [-0.05, 0) is 42.5 Å². The molecule has 9 nitrogen and oxygen atoms in total. The molecule has 2 heterocycles. The van der Waals surface area contributed by atoms with Crippen LogP contribution in [0, 0.1) is 0 Å². The predicted molar refractivity (Wildman–Crippen MR) is 111 cm³/mol. The number of methoxy groups -OCH3 is 1. The summed E-state index contributed by atoms with van der Waals surface area (Å²) in [5, 5.41) is 9.65. The van der Waals surface area contributed by atoms with E-state index >= 15 is 0 Å². The average Bonchev–Trinajstić information content (AvgIpc) is 3.31. The Balaban J connectivity index is 1.38. The second kappa shape index (κ2) is 8.74. The summed E-state index contributed by atoms with van der Waals surface area (Å²) in [7, 11) is 1.55. The Labute approximate surface area is 172 Å². The number of ether oxygens (including phenoxy) is 2. The number of rotatable bonds is 6. The van der Waals surface area contributed by atoms with Crippen molar-refractivity contribution in [2.24, 2.45) is 0 Å². The Morgan fingerprint density at radius 1 is 1.00 bits per heavy atom. The van der Waals surface area contributed by atoms with Crippen LogP contribution < -0.4 is 20.1 Å². The number of carbonyl (C=O) groups excluding carboxylic acids is 1. The molecule has 4 aromatic rings. The second-order valence-electron chi connectivity index (χ2n) is 6.07. The van der Waals surface area contributed by atoms with Gasteiger partial charge in [0.25, 0.3) is 0 Å².